The van der Waals surface area contributed by atoms with Crippen LogP contribution in [0.2, 0.25) is 0 Å². The molecule has 2 fully saturated rings. The predicted molar refractivity (Wildman–Crippen MR) is 131 cm³/mol. The van der Waals surface area contributed by atoms with Gasteiger partial charge in [0.15, 0.2) is 0 Å². The summed E-state index contributed by atoms with van der Waals surface area (Å²) in [6.07, 6.45) is 12.9. The average molecular weight is 468 g/mol. The summed E-state index contributed by atoms with van der Waals surface area (Å²) in [5.41, 5.74) is 0.550. The summed E-state index contributed by atoms with van der Waals surface area (Å²) < 4.78 is 5.27. The lowest BCUT2D eigenvalue weighted by Crippen LogP contribution is -2.55. The zero-order valence-electron chi connectivity index (χ0n) is 20.6. The second-order valence-corrected chi connectivity index (χ2v) is 10.2. The van der Waals surface area contributed by atoms with Crippen LogP contribution in [0.1, 0.15) is 89.3 Å². The summed E-state index contributed by atoms with van der Waals surface area (Å²) in [5, 5.41) is 5.74. The van der Waals surface area contributed by atoms with E-state index in [1.807, 2.05) is 18.2 Å². The quantitative estimate of drug-likeness (QED) is 0.592. The predicted octanol–water partition coefficient (Wildman–Crippen LogP) is 4.06. The van der Waals surface area contributed by atoms with Crippen LogP contribution in [0.25, 0.3) is 0 Å². The molecule has 7 heteroatoms. The molecule has 34 heavy (non-hydrogen) atoms. The summed E-state index contributed by atoms with van der Waals surface area (Å²) in [5.74, 6) is 2.13. The standard InChI is InChI=1S/C27H37N3O4/c1-5-19-12-9-10-17-22(19)24(25(32)29-20-13-7-6-8-14-20)30(21-15-11-16-21)23(31)18-28-26(33)34-27(2,3)4/h1,9-10,12,17,20-21,24H,6-8,11,13-16,18H2,2-4H3,(H,28,33)(H,29,32). The molecule has 0 aliphatic heterocycles. The molecule has 3 rings (SSSR count). The Labute approximate surface area is 203 Å². The van der Waals surface area contributed by atoms with E-state index in [0.717, 1.165) is 44.9 Å². The summed E-state index contributed by atoms with van der Waals surface area (Å²) in [4.78, 5) is 41.0. The van der Waals surface area contributed by atoms with Gasteiger partial charge in [0, 0.05) is 17.6 Å². The number of amides is 3. The van der Waals surface area contributed by atoms with E-state index in [0.29, 0.717) is 11.1 Å². The molecular formula is C27H37N3O4. The molecule has 3 amide bonds. The van der Waals surface area contributed by atoms with Crippen molar-refractivity contribution in [1.29, 1.82) is 0 Å². The van der Waals surface area contributed by atoms with Gasteiger partial charge in [-0.3, -0.25) is 9.59 Å². The number of ether oxygens (including phenoxy) is 1. The molecular weight excluding hydrogens is 430 g/mol. The third kappa shape index (κ3) is 6.75. The van der Waals surface area contributed by atoms with E-state index in [9.17, 15) is 14.4 Å². The van der Waals surface area contributed by atoms with Crippen LogP contribution < -0.4 is 10.6 Å². The minimum absolute atomic E-state index is 0.0825. The van der Waals surface area contributed by atoms with E-state index in [4.69, 9.17) is 11.2 Å². The monoisotopic (exact) mass is 467 g/mol. The van der Waals surface area contributed by atoms with E-state index in [2.05, 4.69) is 16.6 Å². The third-order valence-electron chi connectivity index (χ3n) is 6.43. The van der Waals surface area contributed by atoms with Crippen molar-refractivity contribution in [2.75, 3.05) is 6.54 Å². The largest absolute Gasteiger partial charge is 0.444 e. The van der Waals surface area contributed by atoms with Crippen molar-refractivity contribution in [3.8, 4) is 12.3 Å². The fraction of sp³-hybridized carbons (Fsp3) is 0.593. The zero-order chi connectivity index (χ0) is 24.7. The second-order valence-electron chi connectivity index (χ2n) is 10.2. The fourth-order valence-corrected chi connectivity index (χ4v) is 4.59. The maximum atomic E-state index is 13.7. The van der Waals surface area contributed by atoms with Crippen molar-refractivity contribution in [2.45, 2.75) is 95.9 Å². The maximum absolute atomic E-state index is 13.7. The van der Waals surface area contributed by atoms with Gasteiger partial charge >= 0.3 is 6.09 Å². The van der Waals surface area contributed by atoms with Gasteiger partial charge in [0.2, 0.25) is 11.8 Å². The molecule has 1 unspecified atom stereocenters. The summed E-state index contributed by atoms with van der Waals surface area (Å²) in [6.45, 7) is 5.03. The fourth-order valence-electron chi connectivity index (χ4n) is 4.59. The van der Waals surface area contributed by atoms with Gasteiger partial charge in [-0.2, -0.15) is 0 Å². The van der Waals surface area contributed by atoms with E-state index in [1.54, 1.807) is 31.7 Å². The molecule has 1 aromatic rings. The molecule has 0 saturated heterocycles. The molecule has 0 heterocycles. The zero-order valence-corrected chi connectivity index (χ0v) is 20.6. The SMILES string of the molecule is C#Cc1ccccc1C(C(=O)NC1CCCCC1)N(C(=O)CNC(=O)OC(C)(C)C)C1CCC1. The molecule has 1 aromatic carbocycles. The van der Waals surface area contributed by atoms with E-state index >= 15 is 0 Å². The van der Waals surface area contributed by atoms with Gasteiger partial charge in [0.05, 0.1) is 0 Å². The van der Waals surface area contributed by atoms with Crippen LogP contribution >= 0.6 is 0 Å². The van der Waals surface area contributed by atoms with E-state index in [-0.39, 0.29) is 30.4 Å². The number of carbonyl (C=O) groups excluding carboxylic acids is 3. The first-order valence-corrected chi connectivity index (χ1v) is 12.3. The Balaban J connectivity index is 1.87. The summed E-state index contributed by atoms with van der Waals surface area (Å²) >= 11 is 0. The Kier molecular flexibility index (Phi) is 8.60. The molecule has 0 spiro atoms. The first-order chi connectivity index (χ1) is 16.2. The van der Waals surface area contributed by atoms with Crippen LogP contribution in [-0.4, -0.2) is 47.0 Å². The number of rotatable bonds is 7. The van der Waals surface area contributed by atoms with Gasteiger partial charge in [-0.15, -0.1) is 6.42 Å². The molecule has 0 bridgehead atoms. The highest BCUT2D eigenvalue weighted by Crippen LogP contribution is 2.34. The van der Waals surface area contributed by atoms with Crippen LogP contribution in [0.4, 0.5) is 4.79 Å². The minimum Gasteiger partial charge on any atom is -0.444 e. The second kappa shape index (κ2) is 11.4. The third-order valence-corrected chi connectivity index (χ3v) is 6.43. The lowest BCUT2D eigenvalue weighted by molar-refractivity contribution is -0.145. The molecule has 0 aromatic heterocycles. The van der Waals surface area contributed by atoms with Crippen molar-refractivity contribution in [2.24, 2.45) is 0 Å². The normalized spacial score (nSPS) is 17.6. The summed E-state index contributed by atoms with van der Waals surface area (Å²) in [6, 6.07) is 6.43. The Morgan fingerprint density at radius 2 is 1.76 bits per heavy atom. The van der Waals surface area contributed by atoms with E-state index in [1.165, 1.54) is 6.42 Å². The Hall–Kier alpha value is -3.01. The van der Waals surface area contributed by atoms with Crippen molar-refractivity contribution in [1.82, 2.24) is 15.5 Å². The van der Waals surface area contributed by atoms with Crippen molar-refractivity contribution >= 4 is 17.9 Å². The van der Waals surface area contributed by atoms with Gasteiger partial charge in [-0.25, -0.2) is 4.79 Å². The smallest absolute Gasteiger partial charge is 0.408 e. The number of nitrogens with zero attached hydrogens (tertiary/aromatic N) is 1. The molecule has 1 atom stereocenters. The Morgan fingerprint density at radius 3 is 2.35 bits per heavy atom. The first-order valence-electron chi connectivity index (χ1n) is 12.3. The molecule has 2 saturated carbocycles. The molecule has 2 N–H and O–H groups in total. The van der Waals surface area contributed by atoms with Gasteiger partial charge in [0.25, 0.3) is 0 Å². The molecule has 184 valence electrons. The lowest BCUT2D eigenvalue weighted by Gasteiger charge is -2.43. The number of hydrogen-bond acceptors (Lipinski definition) is 4. The van der Waals surface area contributed by atoms with E-state index < -0.39 is 17.7 Å². The van der Waals surface area contributed by atoms with Crippen LogP contribution in [0, 0.1) is 12.3 Å². The number of alkyl carbamates (subject to hydrolysis) is 1. The first kappa shape index (κ1) is 25.6. The lowest BCUT2D eigenvalue weighted by atomic mass is 9.87. The van der Waals surface area contributed by atoms with Gasteiger partial charge in [-0.05, 0) is 64.5 Å². The Bertz CT molecular complexity index is 921. The highest BCUT2D eigenvalue weighted by atomic mass is 16.6. The molecule has 2 aliphatic carbocycles. The number of carbonyl (C=O) groups is 3. The van der Waals surface area contributed by atoms with Crippen molar-refractivity contribution < 1.29 is 19.1 Å². The van der Waals surface area contributed by atoms with Crippen molar-refractivity contribution in [3.05, 3.63) is 35.4 Å². The summed E-state index contributed by atoms with van der Waals surface area (Å²) in [7, 11) is 0. The minimum atomic E-state index is -0.854. The van der Waals surface area contributed by atoms with Gasteiger partial charge in [0.1, 0.15) is 18.2 Å². The number of nitrogens with one attached hydrogen (secondary N) is 2. The Morgan fingerprint density at radius 1 is 1.09 bits per heavy atom. The molecule has 2 aliphatic rings. The highest BCUT2D eigenvalue weighted by molar-refractivity contribution is 5.91. The van der Waals surface area contributed by atoms with Crippen LogP contribution in [0.15, 0.2) is 24.3 Å². The van der Waals surface area contributed by atoms with Gasteiger partial charge in [-0.1, -0.05) is 43.4 Å². The number of terminal acetylenes is 1. The topological polar surface area (TPSA) is 87.7 Å². The van der Waals surface area contributed by atoms with Gasteiger partial charge < -0.3 is 20.3 Å². The van der Waals surface area contributed by atoms with Crippen molar-refractivity contribution in [3.63, 3.8) is 0 Å². The van der Waals surface area contributed by atoms with Crippen LogP contribution in [-0.2, 0) is 14.3 Å². The highest BCUT2D eigenvalue weighted by Gasteiger charge is 2.40. The average Bonchev–Trinajstić information content (AvgIpc) is 2.75. The van der Waals surface area contributed by atoms with Crippen LogP contribution in [0.3, 0.4) is 0 Å². The maximum Gasteiger partial charge on any atom is 0.408 e. The number of hydrogen-bond donors (Lipinski definition) is 2. The van der Waals surface area contributed by atoms with Crippen LogP contribution in [0.5, 0.6) is 0 Å². The molecule has 7 nitrogen and oxygen atoms in total. The molecule has 0 radical (unpaired) electrons. The number of benzene rings is 1.